The van der Waals surface area contributed by atoms with Gasteiger partial charge in [-0.25, -0.2) is 0 Å². The lowest BCUT2D eigenvalue weighted by Gasteiger charge is -2.30. The van der Waals surface area contributed by atoms with Crippen LogP contribution in [0.15, 0.2) is 24.5 Å². The maximum Gasteiger partial charge on any atom is 0.252 e. The Morgan fingerprint density at radius 2 is 2.26 bits per heavy atom. The third-order valence-corrected chi connectivity index (χ3v) is 4.62. The van der Waals surface area contributed by atoms with Crippen LogP contribution in [0.4, 0.5) is 0 Å². The molecule has 2 aromatic rings. The van der Waals surface area contributed by atoms with E-state index in [1.165, 1.54) is 0 Å². The van der Waals surface area contributed by atoms with Crippen LogP contribution in [0.3, 0.4) is 0 Å². The average Bonchev–Trinajstić information content (AvgIpc) is 3.20. The molecule has 4 rings (SSSR count). The molecular weight excluding hydrogens is 294 g/mol. The number of carbonyl (C=O) groups excluding carboxylic acids is 1. The van der Waals surface area contributed by atoms with Gasteiger partial charge in [0.25, 0.3) is 5.91 Å². The number of pyridine rings is 1. The molecule has 1 saturated heterocycles. The van der Waals surface area contributed by atoms with Gasteiger partial charge >= 0.3 is 0 Å². The van der Waals surface area contributed by atoms with Gasteiger partial charge in [0.15, 0.2) is 11.6 Å². The monoisotopic (exact) mass is 313 g/mol. The van der Waals surface area contributed by atoms with E-state index in [9.17, 15) is 4.79 Å². The van der Waals surface area contributed by atoms with Gasteiger partial charge in [0.2, 0.25) is 0 Å². The highest BCUT2D eigenvalue weighted by Gasteiger charge is 2.36. The summed E-state index contributed by atoms with van der Waals surface area (Å²) in [5.74, 6) is 1.99. The van der Waals surface area contributed by atoms with Gasteiger partial charge in [0.05, 0.1) is 6.54 Å². The van der Waals surface area contributed by atoms with Gasteiger partial charge in [-0.05, 0) is 24.5 Å². The molecule has 1 amide bonds. The van der Waals surface area contributed by atoms with E-state index in [0.29, 0.717) is 26.2 Å². The summed E-state index contributed by atoms with van der Waals surface area (Å²) >= 11 is 0. The Balaban J connectivity index is 1.55. The molecule has 0 aliphatic carbocycles. The zero-order chi connectivity index (χ0) is 15.8. The van der Waals surface area contributed by atoms with Crippen molar-refractivity contribution in [2.75, 3.05) is 13.2 Å². The highest BCUT2D eigenvalue weighted by Crippen LogP contribution is 2.25. The zero-order valence-electron chi connectivity index (χ0n) is 13.1. The van der Waals surface area contributed by atoms with E-state index < -0.39 is 0 Å². The van der Waals surface area contributed by atoms with Crippen molar-refractivity contribution in [3.05, 3.63) is 30.4 Å². The third-order valence-electron chi connectivity index (χ3n) is 4.62. The van der Waals surface area contributed by atoms with Gasteiger partial charge in [0, 0.05) is 37.7 Å². The molecule has 23 heavy (non-hydrogen) atoms. The summed E-state index contributed by atoms with van der Waals surface area (Å²) in [6.07, 6.45) is 4.16. The summed E-state index contributed by atoms with van der Waals surface area (Å²) in [4.78, 5) is 18.6. The Morgan fingerprint density at radius 3 is 3.00 bits per heavy atom. The van der Waals surface area contributed by atoms with Gasteiger partial charge in [-0.2, -0.15) is 0 Å². The SMILES string of the molecule is C[C@@H]1CCO[C@@H]1C(=O)N1CCn2c(nnc2-c2cccnc2)C1. The molecule has 2 atom stereocenters. The Hall–Kier alpha value is -2.28. The number of amides is 1. The second-order valence-corrected chi connectivity index (χ2v) is 6.15. The normalized spacial score (nSPS) is 23.8. The van der Waals surface area contributed by atoms with Crippen LogP contribution in [-0.4, -0.2) is 49.8 Å². The number of aromatic nitrogens is 4. The van der Waals surface area contributed by atoms with Gasteiger partial charge in [-0.15, -0.1) is 10.2 Å². The molecule has 120 valence electrons. The van der Waals surface area contributed by atoms with Crippen molar-refractivity contribution in [3.63, 3.8) is 0 Å². The van der Waals surface area contributed by atoms with Crippen molar-refractivity contribution < 1.29 is 9.53 Å². The molecule has 7 nitrogen and oxygen atoms in total. The number of fused-ring (bicyclic) bond motifs is 1. The number of hydrogen-bond acceptors (Lipinski definition) is 5. The molecule has 1 fully saturated rings. The van der Waals surface area contributed by atoms with Crippen molar-refractivity contribution >= 4 is 5.91 Å². The number of nitrogens with zero attached hydrogens (tertiary/aromatic N) is 5. The predicted molar refractivity (Wildman–Crippen MR) is 82.2 cm³/mol. The third kappa shape index (κ3) is 2.50. The molecule has 4 heterocycles. The van der Waals surface area contributed by atoms with E-state index in [0.717, 1.165) is 23.6 Å². The number of ether oxygens (including phenoxy) is 1. The second-order valence-electron chi connectivity index (χ2n) is 6.15. The number of hydrogen-bond donors (Lipinski definition) is 0. The molecule has 2 aromatic heterocycles. The maximum absolute atomic E-state index is 12.6. The zero-order valence-corrected chi connectivity index (χ0v) is 13.1. The van der Waals surface area contributed by atoms with Gasteiger partial charge < -0.3 is 14.2 Å². The molecule has 0 unspecified atom stereocenters. The summed E-state index contributed by atoms with van der Waals surface area (Å²) in [6.45, 7) is 4.58. The summed E-state index contributed by atoms with van der Waals surface area (Å²) in [5.41, 5.74) is 0.943. The standard InChI is InChI=1S/C16H19N5O2/c1-11-4-8-23-14(11)16(22)20-6-7-21-13(10-20)18-19-15(21)12-3-2-5-17-9-12/h2-3,5,9,11,14H,4,6-8,10H2,1H3/t11-,14+/m1/s1. The molecule has 7 heteroatoms. The van der Waals surface area contributed by atoms with Gasteiger partial charge in [-0.1, -0.05) is 6.92 Å². The highest BCUT2D eigenvalue weighted by atomic mass is 16.5. The lowest BCUT2D eigenvalue weighted by atomic mass is 10.0. The maximum atomic E-state index is 12.6. The largest absolute Gasteiger partial charge is 0.368 e. The number of rotatable bonds is 2. The first kappa shape index (κ1) is 14.3. The smallest absolute Gasteiger partial charge is 0.252 e. The highest BCUT2D eigenvalue weighted by molar-refractivity contribution is 5.81. The van der Waals surface area contributed by atoms with E-state index in [2.05, 4.69) is 26.7 Å². The first-order chi connectivity index (χ1) is 11.2. The van der Waals surface area contributed by atoms with E-state index in [1.807, 2.05) is 17.0 Å². The van der Waals surface area contributed by atoms with Crippen LogP contribution in [0.5, 0.6) is 0 Å². The molecule has 0 aromatic carbocycles. The predicted octanol–water partition coefficient (Wildman–Crippen LogP) is 1.11. The topological polar surface area (TPSA) is 73.1 Å². The Bertz CT molecular complexity index is 715. The van der Waals surface area contributed by atoms with Crippen molar-refractivity contribution in [1.82, 2.24) is 24.6 Å². The average molecular weight is 313 g/mol. The van der Waals surface area contributed by atoms with Crippen LogP contribution < -0.4 is 0 Å². The fourth-order valence-corrected chi connectivity index (χ4v) is 3.25. The summed E-state index contributed by atoms with van der Waals surface area (Å²) in [7, 11) is 0. The van der Waals surface area contributed by atoms with E-state index in [4.69, 9.17) is 4.74 Å². The molecule has 0 N–H and O–H groups in total. The number of carbonyl (C=O) groups is 1. The lowest BCUT2D eigenvalue weighted by Crippen LogP contribution is -2.45. The van der Waals surface area contributed by atoms with E-state index in [-0.39, 0.29) is 17.9 Å². The van der Waals surface area contributed by atoms with Crippen LogP contribution in [0.2, 0.25) is 0 Å². The molecular formula is C16H19N5O2. The van der Waals surface area contributed by atoms with Crippen molar-refractivity contribution in [3.8, 4) is 11.4 Å². The molecule has 2 aliphatic rings. The van der Waals surface area contributed by atoms with Crippen LogP contribution >= 0.6 is 0 Å². The van der Waals surface area contributed by atoms with E-state index >= 15 is 0 Å². The first-order valence-electron chi connectivity index (χ1n) is 7.97. The van der Waals surface area contributed by atoms with Gasteiger partial charge in [-0.3, -0.25) is 9.78 Å². The summed E-state index contributed by atoms with van der Waals surface area (Å²) in [5, 5.41) is 8.54. The Kier molecular flexibility index (Phi) is 3.57. The second kappa shape index (κ2) is 5.73. The van der Waals surface area contributed by atoms with Crippen molar-refractivity contribution in [1.29, 1.82) is 0 Å². The molecule has 2 aliphatic heterocycles. The van der Waals surface area contributed by atoms with Gasteiger partial charge in [0.1, 0.15) is 6.10 Å². The van der Waals surface area contributed by atoms with Crippen LogP contribution in [0, 0.1) is 5.92 Å². The first-order valence-corrected chi connectivity index (χ1v) is 7.97. The Morgan fingerprint density at radius 1 is 1.35 bits per heavy atom. The minimum Gasteiger partial charge on any atom is -0.368 e. The summed E-state index contributed by atoms with van der Waals surface area (Å²) < 4.78 is 7.67. The molecule has 0 radical (unpaired) electrons. The van der Waals surface area contributed by atoms with Crippen molar-refractivity contribution in [2.45, 2.75) is 32.5 Å². The van der Waals surface area contributed by atoms with Crippen LogP contribution in [0.25, 0.3) is 11.4 Å². The van der Waals surface area contributed by atoms with Crippen molar-refractivity contribution in [2.24, 2.45) is 5.92 Å². The quantitative estimate of drug-likeness (QED) is 0.830. The summed E-state index contributed by atoms with van der Waals surface area (Å²) in [6, 6.07) is 3.85. The molecule has 0 saturated carbocycles. The molecule has 0 spiro atoms. The fourth-order valence-electron chi connectivity index (χ4n) is 3.25. The lowest BCUT2D eigenvalue weighted by molar-refractivity contribution is -0.144. The minimum absolute atomic E-state index is 0.0761. The minimum atomic E-state index is -0.303. The van der Waals surface area contributed by atoms with Crippen LogP contribution in [-0.2, 0) is 22.6 Å². The fraction of sp³-hybridized carbons (Fsp3) is 0.500. The van der Waals surface area contributed by atoms with Crippen LogP contribution in [0.1, 0.15) is 19.2 Å². The molecule has 0 bridgehead atoms. The van der Waals surface area contributed by atoms with E-state index in [1.54, 1.807) is 12.4 Å². The Labute approximate surface area is 134 Å².